The molecule has 4 atom stereocenters. The van der Waals surface area contributed by atoms with E-state index in [0.29, 0.717) is 0 Å². The molecule has 4 unspecified atom stereocenters. The van der Waals surface area contributed by atoms with Crippen LogP contribution in [0.15, 0.2) is 0 Å². The number of aliphatic carboxylic acids is 4. The summed E-state index contributed by atoms with van der Waals surface area (Å²) in [6, 6.07) is 0. The predicted molar refractivity (Wildman–Crippen MR) is 54.6 cm³/mol. The van der Waals surface area contributed by atoms with Gasteiger partial charge in [-0.3, -0.25) is 0 Å². The Bertz CT molecular complexity index is 309. The first-order valence-electron chi connectivity index (χ1n) is 4.57. The molecule has 0 aromatic rings. The van der Waals surface area contributed by atoms with Crippen molar-refractivity contribution in [3.8, 4) is 0 Å². The first kappa shape index (κ1) is 24.4. The zero-order valence-electron chi connectivity index (χ0n) is 9.93. The predicted octanol–water partition coefficient (Wildman–Crippen LogP) is -4.25. The third kappa shape index (κ3) is 9.87. The van der Waals surface area contributed by atoms with Gasteiger partial charge in [0.2, 0.25) is 0 Å². The Hall–Kier alpha value is -1.59. The van der Waals surface area contributed by atoms with Crippen LogP contribution in [0.25, 0.3) is 0 Å². The minimum absolute atomic E-state index is 0. The number of rotatable bonds is 6. The Morgan fingerprint density at radius 2 is 0.571 bits per heavy atom. The van der Waals surface area contributed by atoms with Crippen molar-refractivity contribution in [2.75, 3.05) is 0 Å². The van der Waals surface area contributed by atoms with Crippen molar-refractivity contribution >= 4 is 23.9 Å². The molecule has 0 aromatic heterocycles. The van der Waals surface area contributed by atoms with Crippen molar-refractivity contribution in [1.82, 2.24) is 0 Å². The van der Waals surface area contributed by atoms with Gasteiger partial charge in [-0.05, 0) is 0 Å². The molecule has 122 valence electrons. The van der Waals surface area contributed by atoms with Crippen molar-refractivity contribution in [2.45, 2.75) is 24.4 Å². The van der Waals surface area contributed by atoms with E-state index in [2.05, 4.69) is 0 Å². The summed E-state index contributed by atoms with van der Waals surface area (Å²) in [5, 5.41) is 65.1. The van der Waals surface area contributed by atoms with E-state index in [9.17, 15) is 19.2 Å². The zero-order chi connectivity index (χ0) is 16.6. The molecular formula is C8H12O12W. The number of hydrogen-bond donors (Lipinski definition) is 8. The van der Waals surface area contributed by atoms with Crippen LogP contribution in [0.4, 0.5) is 0 Å². The summed E-state index contributed by atoms with van der Waals surface area (Å²) < 4.78 is 0. The van der Waals surface area contributed by atoms with E-state index >= 15 is 0 Å². The molecule has 21 heavy (non-hydrogen) atoms. The van der Waals surface area contributed by atoms with E-state index in [1.807, 2.05) is 0 Å². The molecule has 0 amide bonds. The van der Waals surface area contributed by atoms with Crippen molar-refractivity contribution in [3.05, 3.63) is 0 Å². The molecule has 0 aromatic carbocycles. The van der Waals surface area contributed by atoms with Gasteiger partial charge >= 0.3 is 23.9 Å². The molecule has 0 rings (SSSR count). The second kappa shape index (κ2) is 11.1. The number of aliphatic hydroxyl groups excluding tert-OH is 4. The molecule has 0 saturated carbocycles. The van der Waals surface area contributed by atoms with Gasteiger partial charge in [-0.1, -0.05) is 0 Å². The van der Waals surface area contributed by atoms with Gasteiger partial charge in [0.15, 0.2) is 24.4 Å². The topological polar surface area (TPSA) is 230 Å². The Labute approximate surface area is 130 Å². The normalized spacial score (nSPS) is 15.0. The second-order valence-electron chi connectivity index (χ2n) is 3.13. The van der Waals surface area contributed by atoms with Crippen LogP contribution in [-0.4, -0.2) is 89.1 Å². The third-order valence-corrected chi connectivity index (χ3v) is 1.61. The van der Waals surface area contributed by atoms with Crippen molar-refractivity contribution < 1.29 is 81.1 Å². The summed E-state index contributed by atoms with van der Waals surface area (Å²) in [4.78, 5) is 39.1. The Kier molecular flexibility index (Phi) is 12.9. The molecule has 0 aliphatic rings. The number of hydrogen-bond acceptors (Lipinski definition) is 8. The van der Waals surface area contributed by atoms with Crippen molar-refractivity contribution in [2.24, 2.45) is 0 Å². The maximum atomic E-state index is 9.77. The first-order valence-corrected chi connectivity index (χ1v) is 4.57. The van der Waals surface area contributed by atoms with Gasteiger partial charge in [0.1, 0.15) is 0 Å². The molecule has 0 spiro atoms. The second-order valence-corrected chi connectivity index (χ2v) is 3.13. The average Bonchev–Trinajstić information content (AvgIpc) is 2.35. The summed E-state index contributed by atoms with van der Waals surface area (Å²) in [6.07, 6.45) is -9.06. The maximum absolute atomic E-state index is 9.77. The van der Waals surface area contributed by atoms with Crippen LogP contribution < -0.4 is 0 Å². The first-order chi connectivity index (χ1) is 8.93. The van der Waals surface area contributed by atoms with E-state index in [-0.39, 0.29) is 21.1 Å². The van der Waals surface area contributed by atoms with Crippen LogP contribution in [0, 0.1) is 0 Å². The number of carbonyl (C=O) groups is 4. The van der Waals surface area contributed by atoms with Gasteiger partial charge in [-0.2, -0.15) is 0 Å². The minimum Gasteiger partial charge on any atom is -0.479 e. The van der Waals surface area contributed by atoms with Gasteiger partial charge in [0, 0.05) is 21.1 Å². The van der Waals surface area contributed by atoms with Crippen molar-refractivity contribution in [1.29, 1.82) is 0 Å². The van der Waals surface area contributed by atoms with Crippen LogP contribution in [-0.2, 0) is 40.2 Å². The Balaban J connectivity index is -0.000000295. The largest absolute Gasteiger partial charge is 0.479 e. The van der Waals surface area contributed by atoms with E-state index in [1.54, 1.807) is 0 Å². The molecular weight excluding hydrogens is 472 g/mol. The third-order valence-electron chi connectivity index (χ3n) is 1.61. The minimum atomic E-state index is -2.27. The van der Waals surface area contributed by atoms with Crippen LogP contribution in [0.5, 0.6) is 0 Å². The molecule has 0 heterocycles. The van der Waals surface area contributed by atoms with Gasteiger partial charge in [-0.25, -0.2) is 19.2 Å². The van der Waals surface area contributed by atoms with Crippen LogP contribution in [0.2, 0.25) is 0 Å². The molecule has 8 N–H and O–H groups in total. The summed E-state index contributed by atoms with van der Waals surface area (Å²) in [5.74, 6) is -7.07. The van der Waals surface area contributed by atoms with E-state index in [1.165, 1.54) is 0 Å². The molecule has 0 aliphatic heterocycles. The summed E-state index contributed by atoms with van der Waals surface area (Å²) >= 11 is 0. The monoisotopic (exact) mass is 484 g/mol. The van der Waals surface area contributed by atoms with Gasteiger partial charge in [0.05, 0.1) is 0 Å². The molecule has 0 aliphatic carbocycles. The van der Waals surface area contributed by atoms with Crippen LogP contribution >= 0.6 is 0 Å². The fourth-order valence-electron chi connectivity index (χ4n) is 0.540. The molecule has 0 fully saturated rings. The van der Waals surface area contributed by atoms with Crippen molar-refractivity contribution in [3.63, 3.8) is 0 Å². The van der Waals surface area contributed by atoms with Gasteiger partial charge in [0.25, 0.3) is 0 Å². The number of carboxylic acid groups (broad SMARTS) is 4. The Morgan fingerprint density at radius 3 is 0.619 bits per heavy atom. The standard InChI is InChI=1S/2C4H6O6.W/c2*5-1(3(7)8)2(6)4(9)10;/h2*1-2,5-6H,(H,7,8)(H,9,10);. The van der Waals surface area contributed by atoms with E-state index < -0.39 is 48.3 Å². The SMILES string of the molecule is O=C(O)C(O)C(O)C(=O)O.O=C(O)C(O)C(O)C(=O)O.[W]. The van der Waals surface area contributed by atoms with Gasteiger partial charge < -0.3 is 40.9 Å². The average molecular weight is 484 g/mol. The quantitative estimate of drug-likeness (QED) is 0.179. The molecule has 12 nitrogen and oxygen atoms in total. The summed E-state index contributed by atoms with van der Waals surface area (Å²) in [6.45, 7) is 0. The molecule has 13 heteroatoms. The zero-order valence-corrected chi connectivity index (χ0v) is 12.9. The molecule has 0 saturated heterocycles. The maximum Gasteiger partial charge on any atom is 0.335 e. The smallest absolute Gasteiger partial charge is 0.335 e. The van der Waals surface area contributed by atoms with Crippen LogP contribution in [0.3, 0.4) is 0 Å². The van der Waals surface area contributed by atoms with Crippen LogP contribution in [0.1, 0.15) is 0 Å². The van der Waals surface area contributed by atoms with E-state index in [4.69, 9.17) is 40.9 Å². The van der Waals surface area contributed by atoms with E-state index in [0.717, 1.165) is 0 Å². The fourth-order valence-corrected chi connectivity index (χ4v) is 0.540. The summed E-state index contributed by atoms with van der Waals surface area (Å²) in [7, 11) is 0. The van der Waals surface area contributed by atoms with Gasteiger partial charge in [-0.15, -0.1) is 0 Å². The number of carboxylic acids is 4. The fraction of sp³-hybridized carbons (Fsp3) is 0.500. The Morgan fingerprint density at radius 1 is 0.476 bits per heavy atom. The molecule has 0 radical (unpaired) electrons. The number of aliphatic hydroxyl groups is 4. The summed E-state index contributed by atoms with van der Waals surface area (Å²) in [5.41, 5.74) is 0. The molecule has 0 bridgehead atoms.